The monoisotopic (exact) mass is 267 g/mol. The van der Waals surface area contributed by atoms with Crippen LogP contribution in [0.4, 0.5) is 27.6 Å². The van der Waals surface area contributed by atoms with Crippen LogP contribution in [0, 0.1) is 5.82 Å². The van der Waals surface area contributed by atoms with Crippen LogP contribution in [0.15, 0.2) is 24.3 Å². The Kier molecular flexibility index (Phi) is 4.26. The molecule has 0 aliphatic heterocycles. The van der Waals surface area contributed by atoms with Crippen LogP contribution < -0.4 is 4.90 Å². The first-order valence-electron chi connectivity index (χ1n) is 5.04. The molecule has 0 fully saturated rings. The van der Waals surface area contributed by atoms with Gasteiger partial charge in [0.05, 0.1) is 0 Å². The summed E-state index contributed by atoms with van der Waals surface area (Å²) in [5, 5.41) is 0. The van der Waals surface area contributed by atoms with Gasteiger partial charge in [-0.1, -0.05) is 0 Å². The summed E-state index contributed by atoms with van der Waals surface area (Å²) in [6.45, 7) is 1.12. The van der Waals surface area contributed by atoms with Gasteiger partial charge in [-0.2, -0.15) is 8.78 Å². The molecule has 7 heteroatoms. The molecule has 0 bridgehead atoms. The second kappa shape index (κ2) is 5.32. The summed E-state index contributed by atoms with van der Waals surface area (Å²) >= 11 is 0. The first-order valence-corrected chi connectivity index (χ1v) is 5.04. The number of nitrogens with zero attached hydrogens (tertiary/aromatic N) is 1. The van der Waals surface area contributed by atoms with Crippen molar-refractivity contribution >= 4 is 11.6 Å². The average molecular weight is 267 g/mol. The fourth-order valence-electron chi connectivity index (χ4n) is 1.34. The zero-order chi connectivity index (χ0) is 13.9. The zero-order valence-corrected chi connectivity index (χ0v) is 9.34. The topological polar surface area (TPSA) is 20.3 Å². The van der Waals surface area contributed by atoms with Gasteiger partial charge in [-0.25, -0.2) is 13.2 Å². The predicted molar refractivity (Wildman–Crippen MR) is 55.4 cm³/mol. The third kappa shape index (κ3) is 2.77. The first kappa shape index (κ1) is 14.4. The Morgan fingerprint density at radius 1 is 1.28 bits per heavy atom. The predicted octanol–water partition coefficient (Wildman–Crippen LogP) is 3.08. The van der Waals surface area contributed by atoms with Crippen LogP contribution in [-0.4, -0.2) is 24.8 Å². The van der Waals surface area contributed by atoms with Gasteiger partial charge in [-0.05, 0) is 31.2 Å². The van der Waals surface area contributed by atoms with Gasteiger partial charge < -0.3 is 4.90 Å². The smallest absolute Gasteiger partial charge is 0.307 e. The Hall–Kier alpha value is -1.66. The summed E-state index contributed by atoms with van der Waals surface area (Å²) in [6, 6.07) is 4.04. The molecule has 0 aromatic heterocycles. The molecule has 0 aliphatic rings. The van der Waals surface area contributed by atoms with Crippen molar-refractivity contribution in [3.8, 4) is 0 Å². The van der Waals surface area contributed by atoms with E-state index in [-0.39, 0.29) is 12.2 Å². The summed E-state index contributed by atoms with van der Waals surface area (Å²) in [4.78, 5) is 11.8. The Morgan fingerprint density at radius 2 is 1.78 bits per heavy atom. The van der Waals surface area contributed by atoms with Crippen LogP contribution in [0.1, 0.15) is 6.92 Å². The molecule has 100 valence electrons. The van der Waals surface area contributed by atoms with E-state index in [0.29, 0.717) is 4.90 Å². The summed E-state index contributed by atoms with van der Waals surface area (Å²) < 4.78 is 62.7. The third-order valence-electron chi connectivity index (χ3n) is 2.26. The van der Waals surface area contributed by atoms with Crippen molar-refractivity contribution in [2.24, 2.45) is 0 Å². The van der Waals surface area contributed by atoms with Gasteiger partial charge in [0.25, 0.3) is 0 Å². The molecule has 0 N–H and O–H groups in total. The molecular formula is C11H10F5NO. The quantitative estimate of drug-likeness (QED) is 0.768. The number of carbonyl (C=O) groups excluding carboxylic acids is 1. The van der Waals surface area contributed by atoms with E-state index in [1.807, 2.05) is 0 Å². The molecule has 1 aromatic rings. The van der Waals surface area contributed by atoms with Crippen LogP contribution >= 0.6 is 0 Å². The normalized spacial score (nSPS) is 11.7. The lowest BCUT2D eigenvalue weighted by atomic mass is 10.2. The molecule has 0 radical (unpaired) electrons. The van der Waals surface area contributed by atoms with Crippen LogP contribution in [0.25, 0.3) is 0 Å². The molecule has 0 saturated heterocycles. The second-order valence-corrected chi connectivity index (χ2v) is 3.45. The Bertz CT molecular complexity index is 418. The standard InChI is InChI=1S/C11H10F5NO/c1-2-17(8-5-3-7(12)4-6-8)10(18)11(15,16)9(13)14/h3-6,9H,2H2,1H3. The van der Waals surface area contributed by atoms with Gasteiger partial charge >= 0.3 is 18.3 Å². The van der Waals surface area contributed by atoms with Crippen molar-refractivity contribution in [2.45, 2.75) is 19.3 Å². The number of carbonyl (C=O) groups is 1. The molecule has 1 amide bonds. The minimum atomic E-state index is -4.76. The highest BCUT2D eigenvalue weighted by atomic mass is 19.3. The SMILES string of the molecule is CCN(C(=O)C(F)(F)C(F)F)c1ccc(F)cc1. The van der Waals surface area contributed by atoms with Gasteiger partial charge in [0.2, 0.25) is 0 Å². The van der Waals surface area contributed by atoms with E-state index < -0.39 is 24.1 Å². The molecule has 0 spiro atoms. The van der Waals surface area contributed by atoms with Gasteiger partial charge in [-0.15, -0.1) is 0 Å². The molecule has 2 nitrogen and oxygen atoms in total. The lowest BCUT2D eigenvalue weighted by Gasteiger charge is -2.25. The van der Waals surface area contributed by atoms with Crippen molar-refractivity contribution in [2.75, 3.05) is 11.4 Å². The largest absolute Gasteiger partial charge is 0.384 e. The summed E-state index contributed by atoms with van der Waals surface area (Å²) in [6.07, 6.45) is -4.08. The highest BCUT2D eigenvalue weighted by Gasteiger charge is 2.51. The van der Waals surface area contributed by atoms with Crippen molar-refractivity contribution < 1.29 is 26.7 Å². The number of halogens is 5. The molecule has 1 rings (SSSR count). The van der Waals surface area contributed by atoms with E-state index in [0.717, 1.165) is 24.3 Å². The fraction of sp³-hybridized carbons (Fsp3) is 0.364. The Balaban J connectivity index is 3.04. The van der Waals surface area contributed by atoms with Crippen LogP contribution in [-0.2, 0) is 4.79 Å². The first-order chi connectivity index (χ1) is 8.30. The summed E-state index contributed by atoms with van der Waals surface area (Å²) in [5.41, 5.74) is -0.0655. The molecule has 0 unspecified atom stereocenters. The van der Waals surface area contributed by atoms with Gasteiger partial charge in [0.1, 0.15) is 5.82 Å². The van der Waals surface area contributed by atoms with Gasteiger partial charge in [-0.3, -0.25) is 4.79 Å². The van der Waals surface area contributed by atoms with Gasteiger partial charge in [0, 0.05) is 12.2 Å². The van der Waals surface area contributed by atoms with Gasteiger partial charge in [0.15, 0.2) is 0 Å². The number of hydrogen-bond donors (Lipinski definition) is 0. The molecular weight excluding hydrogens is 257 g/mol. The van der Waals surface area contributed by atoms with Crippen molar-refractivity contribution in [1.82, 2.24) is 0 Å². The minimum Gasteiger partial charge on any atom is -0.307 e. The van der Waals surface area contributed by atoms with E-state index in [4.69, 9.17) is 0 Å². The minimum absolute atomic E-state index is 0.0655. The maximum atomic E-state index is 12.9. The second-order valence-electron chi connectivity index (χ2n) is 3.45. The molecule has 18 heavy (non-hydrogen) atoms. The molecule has 0 aliphatic carbocycles. The third-order valence-corrected chi connectivity index (χ3v) is 2.26. The molecule has 0 heterocycles. The number of rotatable bonds is 4. The summed E-state index contributed by atoms with van der Waals surface area (Å²) in [5.74, 6) is -7.39. The zero-order valence-electron chi connectivity index (χ0n) is 9.34. The van der Waals surface area contributed by atoms with E-state index in [1.54, 1.807) is 0 Å². The number of alkyl halides is 4. The van der Waals surface area contributed by atoms with Crippen LogP contribution in [0.5, 0.6) is 0 Å². The fourth-order valence-corrected chi connectivity index (χ4v) is 1.34. The van der Waals surface area contributed by atoms with E-state index in [9.17, 15) is 26.7 Å². The molecule has 0 saturated carbocycles. The van der Waals surface area contributed by atoms with E-state index in [2.05, 4.69) is 0 Å². The molecule has 0 atom stereocenters. The highest BCUT2D eigenvalue weighted by Crippen LogP contribution is 2.28. The summed E-state index contributed by atoms with van der Waals surface area (Å²) in [7, 11) is 0. The van der Waals surface area contributed by atoms with Crippen molar-refractivity contribution in [1.29, 1.82) is 0 Å². The maximum absolute atomic E-state index is 12.9. The van der Waals surface area contributed by atoms with Crippen LogP contribution in [0.2, 0.25) is 0 Å². The number of anilines is 1. The number of hydrogen-bond acceptors (Lipinski definition) is 1. The maximum Gasteiger partial charge on any atom is 0.384 e. The Labute approximate surface area is 100 Å². The lowest BCUT2D eigenvalue weighted by Crippen LogP contribution is -2.47. The van der Waals surface area contributed by atoms with E-state index >= 15 is 0 Å². The van der Waals surface area contributed by atoms with Crippen molar-refractivity contribution in [3.63, 3.8) is 0 Å². The van der Waals surface area contributed by atoms with Crippen LogP contribution in [0.3, 0.4) is 0 Å². The Morgan fingerprint density at radius 3 is 2.17 bits per heavy atom. The number of amides is 1. The lowest BCUT2D eigenvalue weighted by molar-refractivity contribution is -0.166. The molecule has 1 aromatic carbocycles. The van der Waals surface area contributed by atoms with E-state index in [1.165, 1.54) is 6.92 Å². The average Bonchev–Trinajstić information content (AvgIpc) is 2.32. The van der Waals surface area contributed by atoms with Crippen molar-refractivity contribution in [3.05, 3.63) is 30.1 Å². The highest BCUT2D eigenvalue weighted by molar-refractivity contribution is 5.98. The number of benzene rings is 1.